The summed E-state index contributed by atoms with van der Waals surface area (Å²) in [4.78, 5) is 0. The maximum atomic E-state index is 5.49. The predicted molar refractivity (Wildman–Crippen MR) is 53.2 cm³/mol. The molecule has 11 heavy (non-hydrogen) atoms. The summed E-state index contributed by atoms with van der Waals surface area (Å²) in [6, 6.07) is 6.13. The van der Waals surface area contributed by atoms with Gasteiger partial charge in [0.25, 0.3) is 0 Å². The fourth-order valence-electron chi connectivity index (χ4n) is 0.947. The van der Waals surface area contributed by atoms with Gasteiger partial charge in [0, 0.05) is 19.3 Å². The van der Waals surface area contributed by atoms with Gasteiger partial charge in [-0.05, 0) is 16.9 Å². The summed E-state index contributed by atoms with van der Waals surface area (Å²) in [5.41, 5.74) is 7.77. The minimum absolute atomic E-state index is 0.597. The number of anilines is 1. The van der Waals surface area contributed by atoms with Crippen molar-refractivity contribution in [3.05, 3.63) is 23.8 Å². The quantitative estimate of drug-likeness (QED) is 0.637. The molecule has 0 amide bonds. The summed E-state index contributed by atoms with van der Waals surface area (Å²) in [6.07, 6.45) is 0. The van der Waals surface area contributed by atoms with E-state index in [4.69, 9.17) is 5.73 Å². The van der Waals surface area contributed by atoms with Crippen LogP contribution in [0.2, 0.25) is 0 Å². The maximum absolute atomic E-state index is 5.49. The van der Waals surface area contributed by atoms with Crippen molar-refractivity contribution in [3.8, 4) is 0 Å². The molecule has 2 nitrogen and oxygen atoms in total. The zero-order valence-electron chi connectivity index (χ0n) is 6.59. The Hall–Kier alpha value is -0.590. The Morgan fingerprint density at radius 2 is 2.27 bits per heavy atom. The lowest BCUT2D eigenvalue weighted by molar-refractivity contribution is 1.07. The first kappa shape index (κ1) is 8.51. The molecule has 3 heteroatoms. The minimum Gasteiger partial charge on any atom is -0.388 e. The second kappa shape index (κ2) is 3.70. The van der Waals surface area contributed by atoms with E-state index in [0.29, 0.717) is 6.54 Å². The fourth-order valence-corrected chi connectivity index (χ4v) is 1.27. The van der Waals surface area contributed by atoms with Crippen LogP contribution < -0.4 is 16.4 Å². The van der Waals surface area contributed by atoms with Crippen LogP contribution in [0, 0.1) is 0 Å². The second-order valence-corrected chi connectivity index (χ2v) is 3.00. The lowest BCUT2D eigenvalue weighted by atomic mass is 10.2. The van der Waals surface area contributed by atoms with Crippen LogP contribution in [-0.4, -0.2) is 7.05 Å². The van der Waals surface area contributed by atoms with E-state index >= 15 is 0 Å². The number of nitrogens with two attached hydrogens (primary N) is 1. The first-order chi connectivity index (χ1) is 5.27. The van der Waals surface area contributed by atoms with Crippen LogP contribution in [0.5, 0.6) is 0 Å². The molecule has 0 aromatic heterocycles. The molecule has 0 bridgehead atoms. The van der Waals surface area contributed by atoms with Crippen molar-refractivity contribution in [2.45, 2.75) is 6.54 Å². The van der Waals surface area contributed by atoms with Gasteiger partial charge in [-0.15, -0.1) is 9.24 Å². The summed E-state index contributed by atoms with van der Waals surface area (Å²) in [5.74, 6) is 0. The average molecular weight is 168 g/mol. The van der Waals surface area contributed by atoms with Crippen LogP contribution in [0.3, 0.4) is 0 Å². The Bertz CT molecular complexity index is 248. The Morgan fingerprint density at radius 3 is 2.82 bits per heavy atom. The van der Waals surface area contributed by atoms with Crippen molar-refractivity contribution in [1.29, 1.82) is 0 Å². The molecule has 60 valence electrons. The van der Waals surface area contributed by atoms with Gasteiger partial charge in [-0.3, -0.25) is 0 Å². The van der Waals surface area contributed by atoms with Gasteiger partial charge in [-0.1, -0.05) is 12.1 Å². The molecular weight excluding hydrogens is 155 g/mol. The van der Waals surface area contributed by atoms with Gasteiger partial charge in [0.1, 0.15) is 0 Å². The van der Waals surface area contributed by atoms with E-state index in [1.54, 1.807) is 0 Å². The van der Waals surface area contributed by atoms with Gasteiger partial charge in [-0.2, -0.15) is 0 Å². The summed E-state index contributed by atoms with van der Waals surface area (Å²) in [5, 5.41) is 4.26. The average Bonchev–Trinajstić information content (AvgIpc) is 2.05. The molecule has 1 aromatic rings. The molecule has 0 aliphatic heterocycles. The SMILES string of the molecule is CNc1cc(CN)ccc1P. The third-order valence-electron chi connectivity index (χ3n) is 1.62. The normalized spacial score (nSPS) is 9.73. The first-order valence-corrected chi connectivity index (χ1v) is 4.12. The molecular formula is C8H13N2P. The number of hydrogen-bond donors (Lipinski definition) is 2. The molecule has 1 rings (SSSR count). The van der Waals surface area contributed by atoms with Gasteiger partial charge in [0.05, 0.1) is 0 Å². The molecule has 0 saturated carbocycles. The molecule has 0 saturated heterocycles. The van der Waals surface area contributed by atoms with Gasteiger partial charge in [-0.25, -0.2) is 0 Å². The van der Waals surface area contributed by atoms with E-state index in [-0.39, 0.29) is 0 Å². The van der Waals surface area contributed by atoms with Crippen LogP contribution in [-0.2, 0) is 6.54 Å². The minimum atomic E-state index is 0.597. The molecule has 0 spiro atoms. The summed E-state index contributed by atoms with van der Waals surface area (Å²) in [7, 11) is 4.58. The Labute approximate surface area is 69.4 Å². The maximum Gasteiger partial charge on any atom is 0.0413 e. The molecule has 1 aromatic carbocycles. The van der Waals surface area contributed by atoms with E-state index in [9.17, 15) is 0 Å². The third kappa shape index (κ3) is 1.92. The molecule has 0 aliphatic rings. The number of benzene rings is 1. The molecule has 0 aliphatic carbocycles. The van der Waals surface area contributed by atoms with Crippen molar-refractivity contribution >= 4 is 20.2 Å². The third-order valence-corrected chi connectivity index (χ3v) is 2.13. The standard InChI is InChI=1S/C8H13N2P/c1-10-7-4-6(5-9)2-3-8(7)11/h2-4,10H,5,9,11H2,1H3. The highest BCUT2D eigenvalue weighted by atomic mass is 31.0. The zero-order valence-corrected chi connectivity index (χ0v) is 7.75. The molecule has 3 N–H and O–H groups in total. The highest BCUT2D eigenvalue weighted by molar-refractivity contribution is 7.28. The van der Waals surface area contributed by atoms with Crippen molar-refractivity contribution in [2.24, 2.45) is 5.73 Å². The van der Waals surface area contributed by atoms with Gasteiger partial charge in [0.15, 0.2) is 0 Å². The monoisotopic (exact) mass is 168 g/mol. The van der Waals surface area contributed by atoms with Crippen LogP contribution in [0.15, 0.2) is 18.2 Å². The van der Waals surface area contributed by atoms with Crippen LogP contribution in [0.25, 0.3) is 0 Å². The predicted octanol–water partition coefficient (Wildman–Crippen LogP) is 0.687. The lowest BCUT2D eigenvalue weighted by Crippen LogP contribution is -2.04. The lowest BCUT2D eigenvalue weighted by Gasteiger charge is -2.05. The van der Waals surface area contributed by atoms with Crippen LogP contribution in [0.4, 0.5) is 5.69 Å². The smallest absolute Gasteiger partial charge is 0.0413 e. The number of rotatable bonds is 2. The number of hydrogen-bond acceptors (Lipinski definition) is 2. The second-order valence-electron chi connectivity index (χ2n) is 2.38. The Balaban J connectivity index is 3.02. The van der Waals surface area contributed by atoms with Crippen molar-refractivity contribution in [2.75, 3.05) is 12.4 Å². The van der Waals surface area contributed by atoms with Gasteiger partial charge >= 0.3 is 0 Å². The van der Waals surface area contributed by atoms with Gasteiger partial charge in [0.2, 0.25) is 0 Å². The first-order valence-electron chi connectivity index (χ1n) is 3.54. The van der Waals surface area contributed by atoms with E-state index in [1.807, 2.05) is 19.2 Å². The molecule has 1 atom stereocenters. The molecule has 1 unspecified atom stereocenters. The number of nitrogens with one attached hydrogen (secondary N) is 1. The molecule has 0 radical (unpaired) electrons. The zero-order chi connectivity index (χ0) is 8.27. The summed E-state index contributed by atoms with van der Waals surface area (Å²) < 4.78 is 0. The van der Waals surface area contributed by atoms with E-state index in [0.717, 1.165) is 11.3 Å². The Kier molecular flexibility index (Phi) is 2.86. The highest BCUT2D eigenvalue weighted by Crippen LogP contribution is 2.09. The molecule has 0 fully saturated rings. The van der Waals surface area contributed by atoms with Gasteiger partial charge < -0.3 is 11.1 Å². The summed E-state index contributed by atoms with van der Waals surface area (Å²) >= 11 is 0. The topological polar surface area (TPSA) is 38.0 Å². The van der Waals surface area contributed by atoms with E-state index < -0.39 is 0 Å². The van der Waals surface area contributed by atoms with Crippen LogP contribution >= 0.6 is 9.24 Å². The van der Waals surface area contributed by atoms with E-state index in [2.05, 4.69) is 20.6 Å². The summed E-state index contributed by atoms with van der Waals surface area (Å²) in [6.45, 7) is 0.597. The van der Waals surface area contributed by atoms with Crippen molar-refractivity contribution < 1.29 is 0 Å². The molecule has 0 heterocycles. The van der Waals surface area contributed by atoms with Crippen molar-refractivity contribution in [3.63, 3.8) is 0 Å². The largest absolute Gasteiger partial charge is 0.388 e. The van der Waals surface area contributed by atoms with Crippen molar-refractivity contribution in [1.82, 2.24) is 0 Å². The van der Waals surface area contributed by atoms with E-state index in [1.165, 1.54) is 5.30 Å². The fraction of sp³-hybridized carbons (Fsp3) is 0.250. The highest BCUT2D eigenvalue weighted by Gasteiger charge is 1.95. The van der Waals surface area contributed by atoms with Crippen LogP contribution in [0.1, 0.15) is 5.56 Å². The Morgan fingerprint density at radius 1 is 1.55 bits per heavy atom.